The number of benzene rings is 1. The van der Waals surface area contributed by atoms with E-state index in [2.05, 4.69) is 0 Å². The Morgan fingerprint density at radius 2 is 1.76 bits per heavy atom. The molecule has 2 heteroatoms. The molecule has 0 saturated heterocycles. The third-order valence-electron chi connectivity index (χ3n) is 3.55. The fraction of sp³-hybridized carbons (Fsp3) is 0.533. The van der Waals surface area contributed by atoms with Crippen LogP contribution in [0, 0.1) is 12.8 Å². The number of hydrogen-bond acceptors (Lipinski definition) is 1. The number of ketones is 1. The molecule has 0 radical (unpaired) electrons. The van der Waals surface area contributed by atoms with Crippen molar-refractivity contribution in [3.05, 3.63) is 34.3 Å². The molecule has 17 heavy (non-hydrogen) atoms. The molecule has 0 unspecified atom stereocenters. The van der Waals surface area contributed by atoms with Gasteiger partial charge in [-0.3, -0.25) is 4.79 Å². The summed E-state index contributed by atoms with van der Waals surface area (Å²) in [5, 5.41) is 0.668. The van der Waals surface area contributed by atoms with Crippen LogP contribution in [-0.4, -0.2) is 5.78 Å². The van der Waals surface area contributed by atoms with Gasteiger partial charge in [0.1, 0.15) is 0 Å². The monoisotopic (exact) mass is 250 g/mol. The summed E-state index contributed by atoms with van der Waals surface area (Å²) in [6.07, 6.45) is 7.03. The first-order valence-corrected chi connectivity index (χ1v) is 6.86. The lowest BCUT2D eigenvalue weighted by Crippen LogP contribution is -2.14. The van der Waals surface area contributed by atoms with Gasteiger partial charge in [-0.05, 0) is 43.5 Å². The number of hydrogen-bond donors (Lipinski definition) is 0. The lowest BCUT2D eigenvalue weighted by molar-refractivity contribution is 0.0908. The van der Waals surface area contributed by atoms with Crippen LogP contribution in [0.15, 0.2) is 18.2 Å². The second-order valence-corrected chi connectivity index (χ2v) is 5.51. The highest BCUT2D eigenvalue weighted by molar-refractivity contribution is 6.31. The van der Waals surface area contributed by atoms with E-state index in [1.165, 1.54) is 25.7 Å². The van der Waals surface area contributed by atoms with Gasteiger partial charge in [0.05, 0.1) is 0 Å². The zero-order chi connectivity index (χ0) is 12.3. The van der Waals surface area contributed by atoms with Gasteiger partial charge >= 0.3 is 0 Å². The first kappa shape index (κ1) is 12.6. The molecule has 1 fully saturated rings. The maximum absolute atomic E-state index is 12.4. The normalized spacial score (nSPS) is 17.8. The molecule has 1 nitrogen and oxygen atoms in total. The van der Waals surface area contributed by atoms with Gasteiger partial charge in [0.25, 0.3) is 0 Å². The molecule has 0 amide bonds. The smallest absolute Gasteiger partial charge is 0.166 e. The highest BCUT2D eigenvalue weighted by Gasteiger charge is 2.21. The fourth-order valence-electron chi connectivity index (χ4n) is 2.66. The highest BCUT2D eigenvalue weighted by atomic mass is 35.5. The molecule has 2 rings (SSSR count). The van der Waals surface area contributed by atoms with Crippen LogP contribution in [0.3, 0.4) is 0 Å². The maximum atomic E-state index is 12.4. The van der Waals surface area contributed by atoms with E-state index in [-0.39, 0.29) is 11.7 Å². The minimum Gasteiger partial charge on any atom is -0.294 e. The molecule has 0 bridgehead atoms. The van der Waals surface area contributed by atoms with Crippen LogP contribution >= 0.6 is 11.6 Å². The van der Waals surface area contributed by atoms with Gasteiger partial charge in [-0.1, -0.05) is 37.3 Å². The third kappa shape index (κ3) is 3.32. The standard InChI is InChI=1S/C15H19ClO/c1-11-8-13(10-14(16)9-11)15(17)12-6-4-2-3-5-7-12/h8-10,12H,2-7H2,1H3. The Hall–Kier alpha value is -0.820. The van der Waals surface area contributed by atoms with Crippen molar-refractivity contribution in [2.24, 2.45) is 5.92 Å². The minimum atomic E-state index is 0.218. The Labute approximate surface area is 108 Å². The Kier molecular flexibility index (Phi) is 4.22. The summed E-state index contributed by atoms with van der Waals surface area (Å²) in [6, 6.07) is 5.66. The summed E-state index contributed by atoms with van der Waals surface area (Å²) in [6.45, 7) is 1.98. The molecule has 0 aromatic heterocycles. The highest BCUT2D eigenvalue weighted by Crippen LogP contribution is 2.27. The lowest BCUT2D eigenvalue weighted by atomic mass is 9.90. The van der Waals surface area contributed by atoms with Gasteiger partial charge < -0.3 is 0 Å². The van der Waals surface area contributed by atoms with Crippen LogP contribution in [0.5, 0.6) is 0 Å². The van der Waals surface area contributed by atoms with E-state index in [1.807, 2.05) is 25.1 Å². The van der Waals surface area contributed by atoms with Crippen LogP contribution < -0.4 is 0 Å². The molecule has 1 saturated carbocycles. The van der Waals surface area contributed by atoms with E-state index in [9.17, 15) is 4.79 Å². The van der Waals surface area contributed by atoms with Crippen molar-refractivity contribution >= 4 is 17.4 Å². The number of halogens is 1. The number of aryl methyl sites for hydroxylation is 1. The maximum Gasteiger partial charge on any atom is 0.166 e. The van der Waals surface area contributed by atoms with Crippen molar-refractivity contribution < 1.29 is 4.79 Å². The quantitative estimate of drug-likeness (QED) is 0.544. The first-order valence-electron chi connectivity index (χ1n) is 6.48. The second kappa shape index (κ2) is 5.68. The summed E-state index contributed by atoms with van der Waals surface area (Å²) >= 11 is 6.01. The van der Waals surface area contributed by atoms with Gasteiger partial charge in [-0.15, -0.1) is 0 Å². The lowest BCUT2D eigenvalue weighted by Gasteiger charge is -2.13. The van der Waals surface area contributed by atoms with Crippen LogP contribution in [0.25, 0.3) is 0 Å². The third-order valence-corrected chi connectivity index (χ3v) is 3.77. The summed E-state index contributed by atoms with van der Waals surface area (Å²) in [5.41, 5.74) is 1.86. The molecule has 0 aliphatic heterocycles. The van der Waals surface area contributed by atoms with Crippen molar-refractivity contribution in [1.82, 2.24) is 0 Å². The minimum absolute atomic E-state index is 0.218. The molecule has 1 aliphatic rings. The van der Waals surface area contributed by atoms with E-state index in [0.29, 0.717) is 5.02 Å². The van der Waals surface area contributed by atoms with Gasteiger partial charge in [0, 0.05) is 16.5 Å². The van der Waals surface area contributed by atoms with Crippen molar-refractivity contribution in [2.45, 2.75) is 45.4 Å². The zero-order valence-electron chi connectivity index (χ0n) is 10.3. The predicted molar refractivity (Wildman–Crippen MR) is 71.7 cm³/mol. The molecule has 0 N–H and O–H groups in total. The zero-order valence-corrected chi connectivity index (χ0v) is 11.1. The topological polar surface area (TPSA) is 17.1 Å². The Morgan fingerprint density at radius 1 is 1.12 bits per heavy atom. The average Bonchev–Trinajstić information content (AvgIpc) is 2.55. The number of Topliss-reactive ketones (excluding diaryl/α,β-unsaturated/α-hetero) is 1. The molecule has 1 aromatic carbocycles. The van der Waals surface area contributed by atoms with Crippen molar-refractivity contribution in [3.63, 3.8) is 0 Å². The van der Waals surface area contributed by atoms with E-state index in [4.69, 9.17) is 11.6 Å². The van der Waals surface area contributed by atoms with Crippen LogP contribution in [0.4, 0.5) is 0 Å². The second-order valence-electron chi connectivity index (χ2n) is 5.07. The van der Waals surface area contributed by atoms with Crippen molar-refractivity contribution in [1.29, 1.82) is 0 Å². The predicted octanol–water partition coefficient (Wildman–Crippen LogP) is 4.80. The molecular weight excluding hydrogens is 232 g/mol. The first-order chi connectivity index (χ1) is 8.16. The number of rotatable bonds is 2. The van der Waals surface area contributed by atoms with Crippen LogP contribution in [-0.2, 0) is 0 Å². The van der Waals surface area contributed by atoms with Gasteiger partial charge in [0.2, 0.25) is 0 Å². The number of carbonyl (C=O) groups excluding carboxylic acids is 1. The summed E-state index contributed by atoms with van der Waals surface area (Å²) < 4.78 is 0. The Morgan fingerprint density at radius 3 is 2.35 bits per heavy atom. The molecule has 92 valence electrons. The largest absolute Gasteiger partial charge is 0.294 e. The molecule has 0 heterocycles. The SMILES string of the molecule is Cc1cc(Cl)cc(C(=O)C2CCCCCC2)c1. The average molecular weight is 251 g/mol. The van der Waals surface area contributed by atoms with E-state index in [1.54, 1.807) is 0 Å². The van der Waals surface area contributed by atoms with Gasteiger partial charge in [0.15, 0.2) is 5.78 Å². The summed E-state index contributed by atoms with van der Waals surface area (Å²) in [7, 11) is 0. The van der Waals surface area contributed by atoms with Gasteiger partial charge in [-0.25, -0.2) is 0 Å². The molecule has 1 aliphatic carbocycles. The van der Waals surface area contributed by atoms with Gasteiger partial charge in [-0.2, -0.15) is 0 Å². The van der Waals surface area contributed by atoms with E-state index in [0.717, 1.165) is 24.0 Å². The molecule has 0 atom stereocenters. The Bertz CT molecular complexity index is 383. The molecule has 0 spiro atoms. The van der Waals surface area contributed by atoms with Crippen molar-refractivity contribution in [2.75, 3.05) is 0 Å². The van der Waals surface area contributed by atoms with Crippen LogP contribution in [0.1, 0.15) is 54.4 Å². The summed E-state index contributed by atoms with van der Waals surface area (Å²) in [4.78, 5) is 12.4. The number of carbonyl (C=O) groups is 1. The summed E-state index contributed by atoms with van der Waals surface area (Å²) in [5.74, 6) is 0.507. The molecular formula is C15H19ClO. The molecule has 1 aromatic rings. The van der Waals surface area contributed by atoms with E-state index < -0.39 is 0 Å². The fourth-order valence-corrected chi connectivity index (χ4v) is 2.95. The Balaban J connectivity index is 2.17. The van der Waals surface area contributed by atoms with E-state index >= 15 is 0 Å². The van der Waals surface area contributed by atoms with Crippen LogP contribution in [0.2, 0.25) is 5.02 Å². The van der Waals surface area contributed by atoms with Crippen molar-refractivity contribution in [3.8, 4) is 0 Å².